The Bertz CT molecular complexity index is 878. The van der Waals surface area contributed by atoms with Crippen molar-refractivity contribution in [2.45, 2.75) is 33.7 Å². The maximum Gasteiger partial charge on any atom is 0.456 e. The second-order valence-electron chi connectivity index (χ2n) is 6.61. The van der Waals surface area contributed by atoms with Crippen molar-refractivity contribution in [1.29, 1.82) is 0 Å². The van der Waals surface area contributed by atoms with Crippen LogP contribution in [0, 0.1) is 19.8 Å². The Morgan fingerprint density at radius 2 is 1.62 bits per heavy atom. The van der Waals surface area contributed by atoms with Gasteiger partial charge in [-0.2, -0.15) is 4.58 Å². The van der Waals surface area contributed by atoms with E-state index in [1.807, 2.05) is 0 Å². The van der Waals surface area contributed by atoms with Crippen LogP contribution in [0.15, 0.2) is 12.1 Å². The molecule has 3 heterocycles. The van der Waals surface area contributed by atoms with E-state index in [9.17, 15) is 0 Å². The van der Waals surface area contributed by atoms with Gasteiger partial charge in [-0.3, -0.25) is 0 Å². The lowest BCUT2D eigenvalue weighted by Gasteiger charge is -2.15. The van der Waals surface area contributed by atoms with Crippen LogP contribution in [0.5, 0.6) is 0 Å². The number of aryl methyl sites for hydroxylation is 3. The third-order valence-electron chi connectivity index (χ3n) is 5.37. The number of pyridine rings is 2. The molecule has 21 heavy (non-hydrogen) atoms. The van der Waals surface area contributed by atoms with Crippen LogP contribution < -0.4 is 24.4 Å². The van der Waals surface area contributed by atoms with Crippen molar-refractivity contribution in [3.05, 3.63) is 34.1 Å². The highest BCUT2D eigenvalue weighted by Gasteiger charge is 2.32. The van der Waals surface area contributed by atoms with E-state index >= 15 is 0 Å². The van der Waals surface area contributed by atoms with Crippen LogP contribution in [0.4, 0.5) is 0 Å². The van der Waals surface area contributed by atoms with Crippen LogP contribution in [0.2, 0.25) is 0 Å². The molecule has 0 aliphatic carbocycles. The number of nitrogens with zero attached hydrogens (tertiary/aromatic N) is 3. The van der Waals surface area contributed by atoms with E-state index in [0.29, 0.717) is 12.0 Å². The molecule has 0 saturated carbocycles. The summed E-state index contributed by atoms with van der Waals surface area (Å²) in [6.45, 7) is 8.98. The van der Waals surface area contributed by atoms with Crippen molar-refractivity contribution in [2.24, 2.45) is 20.0 Å². The van der Waals surface area contributed by atoms with Gasteiger partial charge in [0.05, 0.1) is 0 Å². The molecule has 2 aromatic heterocycles. The molecular formula is C18H26N3+3. The fourth-order valence-corrected chi connectivity index (χ4v) is 3.60. The lowest BCUT2D eigenvalue weighted by Crippen LogP contribution is -2.67. The molecule has 1 aliphatic rings. The van der Waals surface area contributed by atoms with Gasteiger partial charge in [-0.25, -0.2) is 0 Å². The summed E-state index contributed by atoms with van der Waals surface area (Å²) in [5.74, 6) is 0.570. The molecule has 0 N–H and O–H groups in total. The zero-order chi connectivity index (χ0) is 15.5. The van der Waals surface area contributed by atoms with Crippen LogP contribution in [0.1, 0.15) is 25.1 Å². The Labute approximate surface area is 126 Å². The summed E-state index contributed by atoms with van der Waals surface area (Å²) in [6.07, 6.45) is 2.41. The van der Waals surface area contributed by atoms with Crippen molar-refractivity contribution in [1.82, 2.24) is 4.58 Å². The molecule has 2 unspecified atom stereocenters. The van der Waals surface area contributed by atoms with Crippen LogP contribution >= 0.6 is 0 Å². The molecular weight excluding hydrogens is 258 g/mol. The summed E-state index contributed by atoms with van der Waals surface area (Å²) in [6, 6.07) is 5.18. The van der Waals surface area contributed by atoms with Gasteiger partial charge in [0.2, 0.25) is 0 Å². The van der Waals surface area contributed by atoms with Crippen molar-refractivity contribution in [2.75, 3.05) is 7.05 Å². The molecule has 2 aromatic rings. The van der Waals surface area contributed by atoms with E-state index in [-0.39, 0.29) is 0 Å². The Kier molecular flexibility index (Phi) is 3.12. The lowest BCUT2D eigenvalue weighted by atomic mass is 9.99. The normalized spacial score (nSPS) is 21.4. The third kappa shape index (κ3) is 1.90. The van der Waals surface area contributed by atoms with Crippen LogP contribution in [0.3, 0.4) is 0 Å². The van der Waals surface area contributed by atoms with Crippen molar-refractivity contribution in [3.8, 4) is 0 Å². The number of hydrogen-bond donors (Lipinski definition) is 0. The van der Waals surface area contributed by atoms with Gasteiger partial charge < -0.3 is 0 Å². The molecule has 0 amide bonds. The van der Waals surface area contributed by atoms with Gasteiger partial charge in [-0.05, 0) is 26.0 Å². The molecule has 110 valence electrons. The maximum absolute atomic E-state index is 2.41. The average Bonchev–Trinajstić information content (AvgIpc) is 2.42. The summed E-state index contributed by atoms with van der Waals surface area (Å²) in [7, 11) is 6.55. The van der Waals surface area contributed by atoms with E-state index in [1.165, 1.54) is 33.0 Å². The molecule has 0 saturated heterocycles. The highest BCUT2D eigenvalue weighted by Crippen LogP contribution is 2.11. The highest BCUT2D eigenvalue weighted by molar-refractivity contribution is 5.70. The van der Waals surface area contributed by atoms with E-state index in [1.54, 1.807) is 0 Å². The van der Waals surface area contributed by atoms with E-state index < -0.39 is 0 Å². The van der Waals surface area contributed by atoms with E-state index in [0.717, 1.165) is 0 Å². The van der Waals surface area contributed by atoms with Crippen molar-refractivity contribution < 1.29 is 9.13 Å². The monoisotopic (exact) mass is 284 g/mol. The van der Waals surface area contributed by atoms with Crippen LogP contribution in [-0.4, -0.2) is 13.1 Å². The summed E-state index contributed by atoms with van der Waals surface area (Å²) in [5, 5.41) is 2.66. The average molecular weight is 284 g/mol. The fraction of sp³-hybridized carbons (Fsp3) is 0.500. The predicted octanol–water partition coefficient (Wildman–Crippen LogP) is 0.0452. The molecule has 3 heteroatoms. The minimum Gasteiger partial charge on any atom is -0.174 e. The SMILES string of the molecule is Cc1cc2cc3c([n+](C)c2[n+](C)c1C)=[N+](C)C(C)C(C)C=3. The second-order valence-corrected chi connectivity index (χ2v) is 6.61. The number of hydrogen-bond acceptors (Lipinski definition) is 0. The Hall–Kier alpha value is -1.77. The molecule has 0 aromatic carbocycles. The molecule has 3 rings (SSSR count). The van der Waals surface area contributed by atoms with Gasteiger partial charge in [0.25, 0.3) is 0 Å². The summed E-state index contributed by atoms with van der Waals surface area (Å²) in [5.41, 5.74) is 5.25. The Morgan fingerprint density at radius 3 is 2.29 bits per heavy atom. The highest BCUT2D eigenvalue weighted by atomic mass is 15.2. The zero-order valence-corrected chi connectivity index (χ0v) is 14.2. The quantitative estimate of drug-likeness (QED) is 0.605. The minimum absolute atomic E-state index is 0.526. The van der Waals surface area contributed by atoms with Gasteiger partial charge in [0, 0.05) is 18.4 Å². The van der Waals surface area contributed by atoms with Gasteiger partial charge in [0.15, 0.2) is 18.8 Å². The van der Waals surface area contributed by atoms with E-state index in [2.05, 4.69) is 80.8 Å². The number of rotatable bonds is 0. The maximum atomic E-state index is 2.41. The number of aromatic nitrogens is 2. The largest absolute Gasteiger partial charge is 0.456 e. The minimum atomic E-state index is 0.526. The van der Waals surface area contributed by atoms with Gasteiger partial charge in [-0.15, -0.1) is 4.57 Å². The molecule has 0 spiro atoms. The summed E-state index contributed by atoms with van der Waals surface area (Å²) < 4.78 is 7.06. The van der Waals surface area contributed by atoms with Gasteiger partial charge >= 0.3 is 11.1 Å². The first-order chi connectivity index (χ1) is 9.82. The second kappa shape index (κ2) is 4.62. The third-order valence-corrected chi connectivity index (χ3v) is 5.37. The smallest absolute Gasteiger partial charge is 0.174 e. The molecule has 0 bridgehead atoms. The standard InChI is InChI=1S/C18H26N3/c1-11-8-15-10-16-9-12(2)14(4)20(6)18(16)21(7)17(15)19(5)13(11)3/h8-11,13H,1-7H3/q+3. The van der Waals surface area contributed by atoms with Crippen LogP contribution in [-0.2, 0) is 14.1 Å². The van der Waals surface area contributed by atoms with Gasteiger partial charge in [0.1, 0.15) is 24.7 Å². The van der Waals surface area contributed by atoms with Crippen molar-refractivity contribution >= 4 is 17.1 Å². The van der Waals surface area contributed by atoms with Crippen molar-refractivity contribution in [3.63, 3.8) is 0 Å². The van der Waals surface area contributed by atoms with E-state index in [4.69, 9.17) is 0 Å². The first-order valence-corrected chi connectivity index (χ1v) is 7.73. The zero-order valence-electron chi connectivity index (χ0n) is 14.2. The lowest BCUT2D eigenvalue weighted by molar-refractivity contribution is -0.766. The molecule has 2 atom stereocenters. The predicted molar refractivity (Wildman–Crippen MR) is 85.3 cm³/mol. The summed E-state index contributed by atoms with van der Waals surface area (Å²) >= 11 is 0. The topological polar surface area (TPSA) is 10.8 Å². The molecule has 3 nitrogen and oxygen atoms in total. The van der Waals surface area contributed by atoms with Gasteiger partial charge in [-0.1, -0.05) is 17.6 Å². The Balaban J connectivity index is 2.60. The first-order valence-electron chi connectivity index (χ1n) is 7.73. The Morgan fingerprint density at radius 1 is 0.952 bits per heavy atom. The molecule has 0 radical (unpaired) electrons. The first kappa shape index (κ1) is 14.2. The fourth-order valence-electron chi connectivity index (χ4n) is 3.60. The van der Waals surface area contributed by atoms with Crippen LogP contribution in [0.25, 0.3) is 17.1 Å². The summed E-state index contributed by atoms with van der Waals surface area (Å²) in [4.78, 5) is 0. The molecule has 1 aliphatic heterocycles. The number of fused-ring (bicyclic) bond motifs is 2. The molecule has 0 fully saturated rings.